The van der Waals surface area contributed by atoms with Gasteiger partial charge in [0.05, 0.1) is 6.61 Å². The van der Waals surface area contributed by atoms with Crippen LogP contribution in [0.15, 0.2) is 12.1 Å². The average Bonchev–Trinajstić information content (AvgIpc) is 2.02. The zero-order valence-corrected chi connectivity index (χ0v) is 8.00. The average molecular weight is 181 g/mol. The van der Waals surface area contributed by atoms with E-state index in [1.54, 1.807) is 6.07 Å². The summed E-state index contributed by atoms with van der Waals surface area (Å²) in [5.74, 6) is 0.655. The number of hydrogen-bond acceptors (Lipinski definition) is 3. The molecule has 3 nitrogen and oxygen atoms in total. The van der Waals surface area contributed by atoms with E-state index in [1.165, 1.54) is 6.07 Å². The predicted molar refractivity (Wildman–Crippen MR) is 53.0 cm³/mol. The summed E-state index contributed by atoms with van der Waals surface area (Å²) in [7, 11) is 0. The molecule has 3 N–H and O–H groups in total. The number of nitrogen functional groups attached to an aromatic ring is 1. The molecule has 0 spiro atoms. The summed E-state index contributed by atoms with van der Waals surface area (Å²) in [5, 5.41) is 9.49. The first-order valence-corrected chi connectivity index (χ1v) is 4.37. The van der Waals surface area contributed by atoms with Crippen molar-refractivity contribution in [2.75, 3.05) is 12.3 Å². The molecule has 1 rings (SSSR count). The Balaban J connectivity index is 2.92. The lowest BCUT2D eigenvalue weighted by Crippen LogP contribution is -1.98. The van der Waals surface area contributed by atoms with E-state index < -0.39 is 0 Å². The normalized spacial score (nSPS) is 10.0. The second-order valence-corrected chi connectivity index (χ2v) is 3.03. The van der Waals surface area contributed by atoms with Gasteiger partial charge < -0.3 is 15.6 Å². The lowest BCUT2D eigenvalue weighted by molar-refractivity contribution is 0.297. The largest absolute Gasteiger partial charge is 0.504 e. The van der Waals surface area contributed by atoms with Gasteiger partial charge in [-0.3, -0.25) is 0 Å². The molecule has 0 amide bonds. The summed E-state index contributed by atoms with van der Waals surface area (Å²) in [4.78, 5) is 0. The van der Waals surface area contributed by atoms with E-state index in [-0.39, 0.29) is 5.75 Å². The Labute approximate surface area is 78.1 Å². The molecule has 0 unspecified atom stereocenters. The number of nitrogens with two attached hydrogens (primary N) is 1. The number of benzene rings is 1. The van der Waals surface area contributed by atoms with Gasteiger partial charge in [0.1, 0.15) is 0 Å². The van der Waals surface area contributed by atoms with Crippen LogP contribution < -0.4 is 10.5 Å². The van der Waals surface area contributed by atoms with Crippen LogP contribution in [0.3, 0.4) is 0 Å². The standard InChI is InChI=1S/C10H15NO2/c1-3-4-13-10-7(2)5-8(11)6-9(10)12/h5-6,12H,3-4,11H2,1-2H3. The Morgan fingerprint density at radius 3 is 2.69 bits per heavy atom. The zero-order chi connectivity index (χ0) is 9.84. The maximum absolute atomic E-state index is 9.49. The quantitative estimate of drug-likeness (QED) is 0.702. The van der Waals surface area contributed by atoms with E-state index in [2.05, 4.69) is 0 Å². The highest BCUT2D eigenvalue weighted by molar-refractivity contribution is 5.55. The predicted octanol–water partition coefficient (Wildman–Crippen LogP) is 2.07. The molecule has 0 bridgehead atoms. The Morgan fingerprint density at radius 2 is 2.15 bits per heavy atom. The lowest BCUT2D eigenvalue weighted by atomic mass is 10.2. The van der Waals surface area contributed by atoms with Crippen LogP contribution in [-0.4, -0.2) is 11.7 Å². The number of aromatic hydroxyl groups is 1. The van der Waals surface area contributed by atoms with E-state index in [1.807, 2.05) is 13.8 Å². The van der Waals surface area contributed by atoms with Crippen molar-refractivity contribution in [3.63, 3.8) is 0 Å². The van der Waals surface area contributed by atoms with Gasteiger partial charge in [-0.05, 0) is 25.0 Å². The summed E-state index contributed by atoms with van der Waals surface area (Å²) in [6.07, 6.45) is 0.920. The van der Waals surface area contributed by atoms with Crippen molar-refractivity contribution in [3.8, 4) is 11.5 Å². The number of hydrogen-bond donors (Lipinski definition) is 2. The molecule has 0 saturated heterocycles. The van der Waals surface area contributed by atoms with Crippen LogP contribution >= 0.6 is 0 Å². The maximum atomic E-state index is 9.49. The molecule has 1 aromatic rings. The van der Waals surface area contributed by atoms with Crippen LogP contribution in [0.25, 0.3) is 0 Å². The van der Waals surface area contributed by atoms with Gasteiger partial charge in [0.25, 0.3) is 0 Å². The third-order valence-corrected chi connectivity index (χ3v) is 1.73. The molecule has 0 aliphatic rings. The van der Waals surface area contributed by atoms with Crippen LogP contribution in [0.2, 0.25) is 0 Å². The number of phenolic OH excluding ortho intramolecular Hbond substituents is 1. The molecule has 0 fully saturated rings. The minimum atomic E-state index is 0.117. The van der Waals surface area contributed by atoms with E-state index in [9.17, 15) is 5.11 Å². The molecule has 0 saturated carbocycles. The summed E-state index contributed by atoms with van der Waals surface area (Å²) in [5.41, 5.74) is 6.96. The van der Waals surface area contributed by atoms with Crippen molar-refractivity contribution in [2.24, 2.45) is 0 Å². The van der Waals surface area contributed by atoms with Gasteiger partial charge in [-0.25, -0.2) is 0 Å². The summed E-state index contributed by atoms with van der Waals surface area (Å²) in [6, 6.07) is 3.28. The summed E-state index contributed by atoms with van der Waals surface area (Å²) >= 11 is 0. The molecular weight excluding hydrogens is 166 g/mol. The van der Waals surface area contributed by atoms with Crippen molar-refractivity contribution >= 4 is 5.69 Å². The van der Waals surface area contributed by atoms with E-state index in [0.29, 0.717) is 18.0 Å². The van der Waals surface area contributed by atoms with Gasteiger partial charge in [-0.1, -0.05) is 6.92 Å². The second kappa shape index (κ2) is 4.03. The fourth-order valence-corrected chi connectivity index (χ4v) is 1.17. The number of anilines is 1. The molecule has 3 heteroatoms. The number of phenols is 1. The monoisotopic (exact) mass is 181 g/mol. The minimum Gasteiger partial charge on any atom is -0.504 e. The first-order chi connectivity index (χ1) is 6.15. The van der Waals surface area contributed by atoms with Crippen LogP contribution in [-0.2, 0) is 0 Å². The Bertz CT molecular complexity index is 274. The third kappa shape index (κ3) is 2.28. The minimum absolute atomic E-state index is 0.117. The molecule has 0 radical (unpaired) electrons. The molecule has 0 aliphatic heterocycles. The lowest BCUT2D eigenvalue weighted by Gasteiger charge is -2.10. The van der Waals surface area contributed by atoms with Crippen molar-refractivity contribution in [1.82, 2.24) is 0 Å². The number of rotatable bonds is 3. The smallest absolute Gasteiger partial charge is 0.163 e. The molecule has 0 aromatic heterocycles. The van der Waals surface area contributed by atoms with Crippen molar-refractivity contribution in [3.05, 3.63) is 17.7 Å². The topological polar surface area (TPSA) is 55.5 Å². The first kappa shape index (κ1) is 9.71. The molecule has 13 heavy (non-hydrogen) atoms. The molecule has 0 aliphatic carbocycles. The van der Waals surface area contributed by atoms with Gasteiger partial charge in [-0.15, -0.1) is 0 Å². The fourth-order valence-electron chi connectivity index (χ4n) is 1.17. The number of aryl methyl sites for hydroxylation is 1. The Morgan fingerprint density at radius 1 is 1.46 bits per heavy atom. The highest BCUT2D eigenvalue weighted by Gasteiger charge is 2.06. The van der Waals surface area contributed by atoms with Crippen molar-refractivity contribution in [2.45, 2.75) is 20.3 Å². The SMILES string of the molecule is CCCOc1c(C)cc(N)cc1O. The van der Waals surface area contributed by atoms with Crippen LogP contribution in [0.1, 0.15) is 18.9 Å². The molecule has 1 aromatic carbocycles. The Hall–Kier alpha value is -1.38. The van der Waals surface area contributed by atoms with Gasteiger partial charge in [0, 0.05) is 11.8 Å². The highest BCUT2D eigenvalue weighted by atomic mass is 16.5. The highest BCUT2D eigenvalue weighted by Crippen LogP contribution is 2.32. The molecule has 0 heterocycles. The van der Waals surface area contributed by atoms with Crippen molar-refractivity contribution in [1.29, 1.82) is 0 Å². The van der Waals surface area contributed by atoms with Gasteiger partial charge in [-0.2, -0.15) is 0 Å². The Kier molecular flexibility index (Phi) is 3.01. The molecule has 72 valence electrons. The molecule has 0 atom stereocenters. The zero-order valence-electron chi connectivity index (χ0n) is 8.00. The second-order valence-electron chi connectivity index (χ2n) is 3.03. The van der Waals surface area contributed by atoms with E-state index >= 15 is 0 Å². The molecular formula is C10H15NO2. The van der Waals surface area contributed by atoms with E-state index in [4.69, 9.17) is 10.5 Å². The summed E-state index contributed by atoms with van der Waals surface area (Å²) in [6.45, 7) is 4.49. The van der Waals surface area contributed by atoms with Crippen molar-refractivity contribution < 1.29 is 9.84 Å². The fraction of sp³-hybridized carbons (Fsp3) is 0.400. The van der Waals surface area contributed by atoms with E-state index in [0.717, 1.165) is 12.0 Å². The van der Waals surface area contributed by atoms with Gasteiger partial charge in [0.15, 0.2) is 11.5 Å². The maximum Gasteiger partial charge on any atom is 0.163 e. The summed E-state index contributed by atoms with van der Waals surface area (Å²) < 4.78 is 5.37. The van der Waals surface area contributed by atoms with Crippen LogP contribution in [0.5, 0.6) is 11.5 Å². The first-order valence-electron chi connectivity index (χ1n) is 4.37. The third-order valence-electron chi connectivity index (χ3n) is 1.73. The van der Waals surface area contributed by atoms with Gasteiger partial charge >= 0.3 is 0 Å². The number of ether oxygens (including phenoxy) is 1. The van der Waals surface area contributed by atoms with Crippen LogP contribution in [0, 0.1) is 6.92 Å². The van der Waals surface area contributed by atoms with Gasteiger partial charge in [0.2, 0.25) is 0 Å². The van der Waals surface area contributed by atoms with Crippen LogP contribution in [0.4, 0.5) is 5.69 Å².